The highest BCUT2D eigenvalue weighted by molar-refractivity contribution is 6.35. The average Bonchev–Trinajstić information content (AvgIpc) is 2.14. The number of carbonyl (C=O) groups is 2. The molecule has 4 nitrogen and oxygen atoms in total. The molecule has 0 saturated heterocycles. The minimum absolute atomic E-state index is 0.323. The molecule has 1 aromatic rings. The molecule has 0 unspecified atom stereocenters. The first-order chi connectivity index (χ1) is 6.59. The van der Waals surface area contributed by atoms with Crippen molar-refractivity contribution in [3.63, 3.8) is 0 Å². The third-order valence-electron chi connectivity index (χ3n) is 1.72. The molecule has 74 valence electrons. The third-order valence-corrected chi connectivity index (χ3v) is 1.72. The van der Waals surface area contributed by atoms with Gasteiger partial charge >= 0.3 is 0 Å². The van der Waals surface area contributed by atoms with Crippen molar-refractivity contribution in [2.75, 3.05) is 5.73 Å². The van der Waals surface area contributed by atoms with Crippen molar-refractivity contribution >= 4 is 17.4 Å². The van der Waals surface area contributed by atoms with Crippen molar-refractivity contribution in [3.05, 3.63) is 29.8 Å². The number of nitrogens with one attached hydrogen (secondary N) is 1. The Balaban J connectivity index is 2.54. The van der Waals surface area contributed by atoms with Gasteiger partial charge in [-0.2, -0.15) is 0 Å². The zero-order valence-corrected chi connectivity index (χ0v) is 7.91. The lowest BCUT2D eigenvalue weighted by Gasteiger charge is -2.03. The first kappa shape index (κ1) is 10.2. The SMILES string of the molecule is CC(=O)C(=O)NCc1cccc(N)c1. The summed E-state index contributed by atoms with van der Waals surface area (Å²) in [6, 6.07) is 7.14. The van der Waals surface area contributed by atoms with E-state index in [-0.39, 0.29) is 0 Å². The van der Waals surface area contributed by atoms with Gasteiger partial charge in [-0.15, -0.1) is 0 Å². The van der Waals surface area contributed by atoms with Crippen LogP contribution in [-0.2, 0) is 16.1 Å². The van der Waals surface area contributed by atoms with Crippen LogP contribution < -0.4 is 11.1 Å². The van der Waals surface area contributed by atoms with Crippen LogP contribution in [0.1, 0.15) is 12.5 Å². The molecular weight excluding hydrogens is 180 g/mol. The highest BCUT2D eigenvalue weighted by Gasteiger charge is 2.05. The number of nitrogens with two attached hydrogens (primary N) is 1. The number of nitrogen functional groups attached to an aromatic ring is 1. The Hall–Kier alpha value is -1.84. The Morgan fingerprint density at radius 1 is 1.43 bits per heavy atom. The fourth-order valence-electron chi connectivity index (χ4n) is 1.01. The van der Waals surface area contributed by atoms with Gasteiger partial charge in [0.25, 0.3) is 5.91 Å². The first-order valence-electron chi connectivity index (χ1n) is 4.23. The number of amides is 1. The number of hydrogen-bond acceptors (Lipinski definition) is 3. The van der Waals surface area contributed by atoms with Crippen molar-refractivity contribution in [1.82, 2.24) is 5.32 Å². The highest BCUT2D eigenvalue weighted by Crippen LogP contribution is 2.05. The quantitative estimate of drug-likeness (QED) is 0.540. The van der Waals surface area contributed by atoms with Crippen LogP contribution in [0.4, 0.5) is 5.69 Å². The Morgan fingerprint density at radius 2 is 2.14 bits per heavy atom. The van der Waals surface area contributed by atoms with Gasteiger partial charge in [0.05, 0.1) is 0 Å². The molecule has 0 aromatic heterocycles. The molecular formula is C10H12N2O2. The summed E-state index contributed by atoms with van der Waals surface area (Å²) in [5.41, 5.74) is 7.06. The Morgan fingerprint density at radius 3 is 2.71 bits per heavy atom. The summed E-state index contributed by atoms with van der Waals surface area (Å²) in [6.45, 7) is 1.55. The Bertz CT molecular complexity index is 361. The van der Waals surface area contributed by atoms with Crippen molar-refractivity contribution in [2.45, 2.75) is 13.5 Å². The van der Waals surface area contributed by atoms with Gasteiger partial charge in [0.1, 0.15) is 0 Å². The van der Waals surface area contributed by atoms with Crippen LogP contribution in [0.15, 0.2) is 24.3 Å². The van der Waals surface area contributed by atoms with Crippen LogP contribution in [0.25, 0.3) is 0 Å². The largest absolute Gasteiger partial charge is 0.399 e. The number of ketones is 1. The average molecular weight is 192 g/mol. The first-order valence-corrected chi connectivity index (χ1v) is 4.23. The predicted molar refractivity (Wildman–Crippen MR) is 53.4 cm³/mol. The van der Waals surface area contributed by atoms with Crippen LogP contribution in [0.5, 0.6) is 0 Å². The summed E-state index contributed by atoms with van der Waals surface area (Å²) in [4.78, 5) is 21.5. The molecule has 1 rings (SSSR count). The Labute approximate surface area is 82.1 Å². The number of hydrogen-bond donors (Lipinski definition) is 2. The van der Waals surface area contributed by atoms with Crippen LogP contribution >= 0.6 is 0 Å². The molecule has 0 spiro atoms. The Kier molecular flexibility index (Phi) is 3.23. The molecule has 14 heavy (non-hydrogen) atoms. The van der Waals surface area contributed by atoms with Crippen molar-refractivity contribution < 1.29 is 9.59 Å². The normalized spacial score (nSPS) is 9.50. The monoisotopic (exact) mass is 192 g/mol. The van der Waals surface area contributed by atoms with Crippen LogP contribution in [0.2, 0.25) is 0 Å². The zero-order valence-electron chi connectivity index (χ0n) is 7.91. The van der Waals surface area contributed by atoms with E-state index in [1.807, 2.05) is 6.07 Å². The molecule has 4 heteroatoms. The van der Waals surface area contributed by atoms with E-state index in [9.17, 15) is 9.59 Å². The van der Waals surface area contributed by atoms with Gasteiger partial charge in [0.15, 0.2) is 0 Å². The lowest BCUT2D eigenvalue weighted by Crippen LogP contribution is -2.28. The number of benzene rings is 1. The summed E-state index contributed by atoms with van der Waals surface area (Å²) in [5, 5.41) is 2.48. The molecule has 0 atom stereocenters. The molecule has 0 saturated carbocycles. The van der Waals surface area contributed by atoms with E-state index in [0.29, 0.717) is 12.2 Å². The zero-order chi connectivity index (χ0) is 10.6. The van der Waals surface area contributed by atoms with Gasteiger partial charge in [0.2, 0.25) is 5.78 Å². The number of anilines is 1. The van der Waals surface area contributed by atoms with Gasteiger partial charge in [0, 0.05) is 19.2 Å². The number of rotatable bonds is 3. The minimum Gasteiger partial charge on any atom is -0.399 e. The fourth-order valence-corrected chi connectivity index (χ4v) is 1.01. The topological polar surface area (TPSA) is 72.2 Å². The van der Waals surface area contributed by atoms with Crippen LogP contribution in [0, 0.1) is 0 Å². The second-order valence-corrected chi connectivity index (χ2v) is 2.98. The van der Waals surface area contributed by atoms with Gasteiger partial charge in [-0.3, -0.25) is 9.59 Å². The van der Waals surface area contributed by atoms with Crippen LogP contribution in [-0.4, -0.2) is 11.7 Å². The van der Waals surface area contributed by atoms with Gasteiger partial charge < -0.3 is 11.1 Å². The lowest BCUT2D eigenvalue weighted by atomic mass is 10.2. The van der Waals surface area contributed by atoms with E-state index in [4.69, 9.17) is 5.73 Å². The molecule has 3 N–H and O–H groups in total. The standard InChI is InChI=1S/C10H12N2O2/c1-7(13)10(14)12-6-8-3-2-4-9(11)5-8/h2-5H,6,11H2,1H3,(H,12,14). The van der Waals surface area contributed by atoms with E-state index in [2.05, 4.69) is 5.32 Å². The number of carbonyl (C=O) groups excluding carboxylic acids is 2. The summed E-state index contributed by atoms with van der Waals surface area (Å²) in [6.07, 6.45) is 0. The second kappa shape index (κ2) is 4.41. The van der Waals surface area contributed by atoms with Gasteiger partial charge in [-0.1, -0.05) is 12.1 Å². The third kappa shape index (κ3) is 2.90. The molecule has 0 aliphatic rings. The minimum atomic E-state index is -0.576. The van der Waals surface area contributed by atoms with Gasteiger partial charge in [-0.25, -0.2) is 0 Å². The maximum Gasteiger partial charge on any atom is 0.287 e. The smallest absolute Gasteiger partial charge is 0.287 e. The van der Waals surface area contributed by atoms with E-state index < -0.39 is 11.7 Å². The molecule has 0 radical (unpaired) electrons. The molecule has 0 fully saturated rings. The number of Topliss-reactive ketones (excluding diaryl/α,β-unsaturated/α-hetero) is 1. The lowest BCUT2D eigenvalue weighted by molar-refractivity contribution is -0.136. The molecule has 1 aromatic carbocycles. The van der Waals surface area contributed by atoms with Crippen LogP contribution in [0.3, 0.4) is 0 Å². The van der Waals surface area contributed by atoms with E-state index in [1.165, 1.54) is 6.92 Å². The maximum absolute atomic E-state index is 10.9. The summed E-state index contributed by atoms with van der Waals surface area (Å²) in [5.74, 6) is -1.07. The maximum atomic E-state index is 10.9. The summed E-state index contributed by atoms with van der Waals surface area (Å²) >= 11 is 0. The fraction of sp³-hybridized carbons (Fsp3) is 0.200. The summed E-state index contributed by atoms with van der Waals surface area (Å²) in [7, 11) is 0. The van der Waals surface area contributed by atoms with Crippen molar-refractivity contribution in [1.29, 1.82) is 0 Å². The highest BCUT2D eigenvalue weighted by atomic mass is 16.2. The second-order valence-electron chi connectivity index (χ2n) is 2.98. The van der Waals surface area contributed by atoms with Crippen molar-refractivity contribution in [2.24, 2.45) is 0 Å². The molecule has 0 aliphatic heterocycles. The molecule has 0 bridgehead atoms. The van der Waals surface area contributed by atoms with Crippen molar-refractivity contribution in [3.8, 4) is 0 Å². The van der Waals surface area contributed by atoms with E-state index in [0.717, 1.165) is 5.56 Å². The van der Waals surface area contributed by atoms with E-state index in [1.54, 1.807) is 18.2 Å². The summed E-state index contributed by atoms with van der Waals surface area (Å²) < 4.78 is 0. The predicted octanol–water partition coefficient (Wildman–Crippen LogP) is 0.474. The van der Waals surface area contributed by atoms with Gasteiger partial charge in [-0.05, 0) is 17.7 Å². The van der Waals surface area contributed by atoms with E-state index >= 15 is 0 Å². The molecule has 0 aliphatic carbocycles. The molecule has 0 heterocycles. The molecule has 1 amide bonds.